The lowest BCUT2D eigenvalue weighted by atomic mass is 9.81. The van der Waals surface area contributed by atoms with Gasteiger partial charge in [-0.1, -0.05) is 166 Å². The molecule has 1 atom stereocenters. The van der Waals surface area contributed by atoms with E-state index in [0.29, 0.717) is 5.92 Å². The first-order valence-corrected chi connectivity index (χ1v) is 19.0. The van der Waals surface area contributed by atoms with Gasteiger partial charge < -0.3 is 4.57 Å². The Morgan fingerprint density at radius 1 is 0.547 bits per heavy atom. The molecule has 0 radical (unpaired) electrons. The molecule has 0 fully saturated rings. The fourth-order valence-electron chi connectivity index (χ4n) is 8.89. The van der Waals surface area contributed by atoms with E-state index in [2.05, 4.69) is 196 Å². The standard InChI is InChI=1S/C52H45N/c1-35(2)53-50-17-11-9-15-46(50)47-34-43(29-31-51(47)53)41-27-25-40(26-28-41)42(32-36-18-22-39(23-19-36)38-12-6-5-7-13-38)24-20-37-21-30-45-44-14-8-10-16-48(44)52(3,4)49(45)33-37/h5-19,21-23,25-31,33-34,42H,1,20,24,32H2,2-4H3. The predicted molar refractivity (Wildman–Crippen MR) is 227 cm³/mol. The average Bonchev–Trinajstić information content (AvgIpc) is 3.65. The molecule has 53 heavy (non-hydrogen) atoms. The molecule has 8 aromatic rings. The quantitative estimate of drug-likeness (QED) is 0.143. The van der Waals surface area contributed by atoms with E-state index in [1.54, 1.807) is 0 Å². The molecular formula is C52H45N. The molecule has 0 N–H and O–H groups in total. The fraction of sp³-hybridized carbons (Fsp3) is 0.154. The lowest BCUT2D eigenvalue weighted by molar-refractivity contribution is 0.618. The maximum Gasteiger partial charge on any atom is 0.0537 e. The highest BCUT2D eigenvalue weighted by molar-refractivity contribution is 6.11. The van der Waals surface area contributed by atoms with Gasteiger partial charge in [0.25, 0.3) is 0 Å². The molecule has 258 valence electrons. The van der Waals surface area contributed by atoms with E-state index in [-0.39, 0.29) is 5.41 Å². The number of para-hydroxylation sites is 1. The van der Waals surface area contributed by atoms with Crippen LogP contribution >= 0.6 is 0 Å². The molecular weight excluding hydrogens is 639 g/mol. The van der Waals surface area contributed by atoms with Crippen molar-refractivity contribution in [3.8, 4) is 33.4 Å². The van der Waals surface area contributed by atoms with E-state index >= 15 is 0 Å². The van der Waals surface area contributed by atoms with Crippen LogP contribution in [0, 0.1) is 0 Å². The van der Waals surface area contributed by atoms with Gasteiger partial charge in [0.2, 0.25) is 0 Å². The minimum absolute atomic E-state index is 0.0140. The topological polar surface area (TPSA) is 4.93 Å². The first-order valence-electron chi connectivity index (χ1n) is 19.0. The molecule has 1 aromatic heterocycles. The molecule has 1 heterocycles. The molecule has 1 heteroatoms. The van der Waals surface area contributed by atoms with Crippen molar-refractivity contribution in [3.63, 3.8) is 0 Å². The lowest BCUT2D eigenvalue weighted by Crippen LogP contribution is -2.15. The molecule has 0 spiro atoms. The van der Waals surface area contributed by atoms with E-state index in [0.717, 1.165) is 25.0 Å². The molecule has 0 aliphatic heterocycles. The molecule has 0 amide bonds. The van der Waals surface area contributed by atoms with Gasteiger partial charge in [-0.15, -0.1) is 0 Å². The molecule has 0 saturated heterocycles. The number of allylic oxidation sites excluding steroid dienone is 1. The van der Waals surface area contributed by atoms with Crippen LogP contribution in [0.15, 0.2) is 170 Å². The smallest absolute Gasteiger partial charge is 0.0537 e. The minimum atomic E-state index is 0.0140. The van der Waals surface area contributed by atoms with E-state index in [1.807, 2.05) is 0 Å². The van der Waals surface area contributed by atoms with E-state index in [4.69, 9.17) is 0 Å². The van der Waals surface area contributed by atoms with Crippen molar-refractivity contribution in [1.82, 2.24) is 4.57 Å². The average molecular weight is 684 g/mol. The van der Waals surface area contributed by atoms with Gasteiger partial charge in [0, 0.05) is 21.9 Å². The highest BCUT2D eigenvalue weighted by atomic mass is 15.0. The van der Waals surface area contributed by atoms with Crippen LogP contribution in [0.4, 0.5) is 0 Å². The summed E-state index contributed by atoms with van der Waals surface area (Å²) in [6.07, 6.45) is 3.12. The third-order valence-electron chi connectivity index (χ3n) is 11.7. The second-order valence-corrected chi connectivity index (χ2v) is 15.5. The van der Waals surface area contributed by atoms with Crippen LogP contribution in [-0.4, -0.2) is 4.57 Å². The zero-order valence-electron chi connectivity index (χ0n) is 30.9. The number of aromatic nitrogens is 1. The third-order valence-corrected chi connectivity index (χ3v) is 11.7. The van der Waals surface area contributed by atoms with Gasteiger partial charge in [-0.2, -0.15) is 0 Å². The highest BCUT2D eigenvalue weighted by Gasteiger charge is 2.35. The predicted octanol–water partition coefficient (Wildman–Crippen LogP) is 13.9. The van der Waals surface area contributed by atoms with E-state index in [1.165, 1.54) is 83.0 Å². The Labute approximate surface area is 313 Å². The number of hydrogen-bond donors (Lipinski definition) is 0. The molecule has 9 rings (SSSR count). The van der Waals surface area contributed by atoms with Gasteiger partial charge in [0.1, 0.15) is 0 Å². The number of rotatable bonds is 9. The van der Waals surface area contributed by atoms with Gasteiger partial charge in [0.15, 0.2) is 0 Å². The Bertz CT molecular complexity index is 2620. The van der Waals surface area contributed by atoms with Gasteiger partial charge in [-0.3, -0.25) is 0 Å². The molecule has 1 unspecified atom stereocenters. The second kappa shape index (κ2) is 13.2. The zero-order valence-corrected chi connectivity index (χ0v) is 30.9. The maximum atomic E-state index is 4.28. The number of aryl methyl sites for hydroxylation is 1. The van der Waals surface area contributed by atoms with Crippen molar-refractivity contribution >= 4 is 27.5 Å². The SMILES string of the molecule is C=C(C)n1c2ccccc2c2cc(-c3ccc(C(CCc4ccc5c(c4)C(C)(C)c4ccccc4-5)Cc4ccc(-c5ccccc5)cc4)cc3)ccc21. The van der Waals surface area contributed by atoms with Gasteiger partial charge >= 0.3 is 0 Å². The highest BCUT2D eigenvalue weighted by Crippen LogP contribution is 2.49. The number of fused-ring (bicyclic) bond motifs is 6. The van der Waals surface area contributed by atoms with Crippen molar-refractivity contribution < 1.29 is 0 Å². The van der Waals surface area contributed by atoms with Crippen LogP contribution in [0.1, 0.15) is 60.9 Å². The Balaban J connectivity index is 1.02. The van der Waals surface area contributed by atoms with Gasteiger partial charge in [-0.25, -0.2) is 0 Å². The van der Waals surface area contributed by atoms with Gasteiger partial charge in [0.05, 0.1) is 11.0 Å². The first kappa shape index (κ1) is 33.0. The first-order chi connectivity index (χ1) is 25.8. The summed E-state index contributed by atoms with van der Waals surface area (Å²) in [6, 6.07) is 61.0. The Kier molecular flexibility index (Phi) is 8.24. The normalized spacial score (nSPS) is 13.6. The van der Waals surface area contributed by atoms with Crippen LogP contribution in [0.3, 0.4) is 0 Å². The number of benzene rings is 7. The zero-order chi connectivity index (χ0) is 36.1. The van der Waals surface area contributed by atoms with Crippen molar-refractivity contribution in [2.24, 2.45) is 0 Å². The fourth-order valence-corrected chi connectivity index (χ4v) is 8.89. The van der Waals surface area contributed by atoms with Crippen LogP contribution < -0.4 is 0 Å². The summed E-state index contributed by atoms with van der Waals surface area (Å²) in [6.45, 7) is 11.1. The molecule has 0 saturated carbocycles. The summed E-state index contributed by atoms with van der Waals surface area (Å²) in [5.41, 5.74) is 18.3. The summed E-state index contributed by atoms with van der Waals surface area (Å²) in [4.78, 5) is 0. The second-order valence-electron chi connectivity index (χ2n) is 15.5. The van der Waals surface area contributed by atoms with E-state index in [9.17, 15) is 0 Å². The molecule has 1 aliphatic rings. The summed E-state index contributed by atoms with van der Waals surface area (Å²) in [5, 5.41) is 2.53. The Morgan fingerprint density at radius 3 is 1.94 bits per heavy atom. The molecule has 7 aromatic carbocycles. The van der Waals surface area contributed by atoms with Crippen LogP contribution in [0.5, 0.6) is 0 Å². The molecule has 0 bridgehead atoms. The maximum absolute atomic E-state index is 4.28. The largest absolute Gasteiger partial charge is 0.314 e. The van der Waals surface area contributed by atoms with Crippen molar-refractivity contribution in [3.05, 3.63) is 198 Å². The summed E-state index contributed by atoms with van der Waals surface area (Å²) >= 11 is 0. The van der Waals surface area contributed by atoms with E-state index < -0.39 is 0 Å². The summed E-state index contributed by atoms with van der Waals surface area (Å²) in [5.74, 6) is 0.390. The van der Waals surface area contributed by atoms with Crippen LogP contribution in [0.25, 0.3) is 60.9 Å². The minimum Gasteiger partial charge on any atom is -0.314 e. The van der Waals surface area contributed by atoms with Crippen molar-refractivity contribution in [1.29, 1.82) is 0 Å². The summed E-state index contributed by atoms with van der Waals surface area (Å²) < 4.78 is 2.27. The number of nitrogens with zero attached hydrogens (tertiary/aromatic N) is 1. The molecule has 1 aliphatic carbocycles. The lowest BCUT2D eigenvalue weighted by Gasteiger charge is -2.22. The van der Waals surface area contributed by atoms with Gasteiger partial charge in [-0.05, 0) is 112 Å². The Morgan fingerprint density at radius 2 is 1.15 bits per heavy atom. The van der Waals surface area contributed by atoms with Crippen molar-refractivity contribution in [2.75, 3.05) is 0 Å². The summed E-state index contributed by atoms with van der Waals surface area (Å²) in [7, 11) is 0. The van der Waals surface area contributed by atoms with Crippen LogP contribution in [-0.2, 0) is 18.3 Å². The molecule has 1 nitrogen and oxygen atoms in total. The van der Waals surface area contributed by atoms with Crippen LogP contribution in [0.2, 0.25) is 0 Å². The number of hydrogen-bond acceptors (Lipinski definition) is 0. The third kappa shape index (κ3) is 5.91. The Hall–Kier alpha value is -5.92. The van der Waals surface area contributed by atoms with Crippen molar-refractivity contribution in [2.45, 2.75) is 51.4 Å². The monoisotopic (exact) mass is 683 g/mol.